The molecule has 24 heavy (non-hydrogen) atoms. The average Bonchev–Trinajstić information content (AvgIpc) is 2.98. The summed E-state index contributed by atoms with van der Waals surface area (Å²) in [7, 11) is 1.51. The number of anilines is 1. The Balaban J connectivity index is 1.92. The Kier molecular flexibility index (Phi) is 4.85. The molecule has 3 rings (SSSR count). The van der Waals surface area contributed by atoms with Gasteiger partial charge >= 0.3 is 0 Å². The van der Waals surface area contributed by atoms with Crippen LogP contribution in [-0.4, -0.2) is 30.5 Å². The van der Waals surface area contributed by atoms with Gasteiger partial charge in [0, 0.05) is 5.69 Å². The van der Waals surface area contributed by atoms with Crippen molar-refractivity contribution in [3.05, 3.63) is 48.0 Å². The summed E-state index contributed by atoms with van der Waals surface area (Å²) in [5, 5.41) is 9.62. The number of rotatable bonds is 5. The number of benzene rings is 2. The fraction of sp³-hybridized carbons (Fsp3) is 0.278. The minimum Gasteiger partial charge on any atom is -0.504 e. The second-order valence-corrected chi connectivity index (χ2v) is 6.35. The maximum atomic E-state index is 12.4. The molecule has 1 atom stereocenters. The van der Waals surface area contributed by atoms with Crippen LogP contribution in [0.5, 0.6) is 17.2 Å². The van der Waals surface area contributed by atoms with Gasteiger partial charge in [-0.1, -0.05) is 6.07 Å². The van der Waals surface area contributed by atoms with Crippen molar-refractivity contribution < 1.29 is 19.4 Å². The van der Waals surface area contributed by atoms with Crippen molar-refractivity contribution in [3.8, 4) is 17.2 Å². The van der Waals surface area contributed by atoms with Gasteiger partial charge in [0.05, 0.1) is 19.5 Å². The number of amides is 1. The molecular weight excluding hydrogens is 326 g/mol. The highest BCUT2D eigenvalue weighted by Gasteiger charge is 2.34. The summed E-state index contributed by atoms with van der Waals surface area (Å²) in [6, 6.07) is 12.7. The number of aromatic hydroxyl groups is 1. The van der Waals surface area contributed by atoms with Gasteiger partial charge in [0.15, 0.2) is 11.5 Å². The largest absolute Gasteiger partial charge is 0.504 e. The minimum atomic E-state index is -0.148. The summed E-state index contributed by atoms with van der Waals surface area (Å²) in [6.45, 7) is 2.54. The zero-order valence-corrected chi connectivity index (χ0v) is 14.4. The molecule has 1 heterocycles. The molecule has 1 fully saturated rings. The Labute approximate surface area is 145 Å². The van der Waals surface area contributed by atoms with E-state index in [9.17, 15) is 9.90 Å². The van der Waals surface area contributed by atoms with E-state index < -0.39 is 0 Å². The van der Waals surface area contributed by atoms with E-state index in [0.717, 1.165) is 17.0 Å². The predicted molar refractivity (Wildman–Crippen MR) is 95.0 cm³/mol. The number of ether oxygens (including phenoxy) is 2. The molecule has 0 spiro atoms. The molecule has 1 saturated heterocycles. The Bertz CT molecular complexity index is 732. The van der Waals surface area contributed by atoms with Crippen molar-refractivity contribution in [2.75, 3.05) is 24.4 Å². The monoisotopic (exact) mass is 345 g/mol. The second kappa shape index (κ2) is 7.05. The van der Waals surface area contributed by atoms with Crippen LogP contribution in [0.2, 0.25) is 0 Å². The number of nitrogens with zero attached hydrogens (tertiary/aromatic N) is 1. The van der Waals surface area contributed by atoms with Crippen LogP contribution in [0.15, 0.2) is 42.5 Å². The highest BCUT2D eigenvalue weighted by Crippen LogP contribution is 2.43. The molecule has 0 bridgehead atoms. The van der Waals surface area contributed by atoms with Crippen molar-refractivity contribution >= 4 is 23.4 Å². The van der Waals surface area contributed by atoms with Crippen LogP contribution >= 0.6 is 11.8 Å². The van der Waals surface area contributed by atoms with E-state index in [0.29, 0.717) is 18.1 Å². The first-order chi connectivity index (χ1) is 11.6. The van der Waals surface area contributed by atoms with Gasteiger partial charge in [-0.25, -0.2) is 0 Å². The zero-order chi connectivity index (χ0) is 17.1. The molecular formula is C18H19NO4S. The molecule has 1 N–H and O–H groups in total. The lowest BCUT2D eigenvalue weighted by Crippen LogP contribution is -2.27. The van der Waals surface area contributed by atoms with E-state index in [1.54, 1.807) is 28.8 Å². The first-order valence-corrected chi connectivity index (χ1v) is 8.72. The molecule has 0 aliphatic carbocycles. The smallest absolute Gasteiger partial charge is 0.238 e. The second-order valence-electron chi connectivity index (χ2n) is 5.29. The van der Waals surface area contributed by atoms with Gasteiger partial charge in [0.1, 0.15) is 11.1 Å². The lowest BCUT2D eigenvalue weighted by Gasteiger charge is -2.25. The third-order valence-corrected chi connectivity index (χ3v) is 5.00. The quantitative estimate of drug-likeness (QED) is 0.897. The third-order valence-electron chi connectivity index (χ3n) is 3.78. The first kappa shape index (κ1) is 16.5. The van der Waals surface area contributed by atoms with Gasteiger partial charge < -0.3 is 14.6 Å². The summed E-state index contributed by atoms with van der Waals surface area (Å²) in [4.78, 5) is 14.2. The highest BCUT2D eigenvalue weighted by atomic mass is 32.2. The van der Waals surface area contributed by atoms with Gasteiger partial charge in [-0.05, 0) is 48.9 Å². The van der Waals surface area contributed by atoms with Gasteiger partial charge in [-0.15, -0.1) is 11.8 Å². The number of phenolic OH excluding ortho intramolecular Hbond substituents is 1. The topological polar surface area (TPSA) is 59.0 Å². The van der Waals surface area contributed by atoms with Crippen LogP contribution in [0, 0.1) is 0 Å². The van der Waals surface area contributed by atoms with Crippen molar-refractivity contribution in [1.82, 2.24) is 0 Å². The summed E-state index contributed by atoms with van der Waals surface area (Å²) in [5.41, 5.74) is 1.74. The summed E-state index contributed by atoms with van der Waals surface area (Å²) in [5.74, 6) is 1.74. The number of thioether (sulfide) groups is 1. The molecule has 0 radical (unpaired) electrons. The maximum absolute atomic E-state index is 12.4. The molecule has 0 saturated carbocycles. The van der Waals surface area contributed by atoms with Gasteiger partial charge in [0.2, 0.25) is 5.91 Å². The number of methoxy groups -OCH3 is 1. The molecule has 2 aromatic rings. The van der Waals surface area contributed by atoms with E-state index in [2.05, 4.69) is 0 Å². The summed E-state index contributed by atoms with van der Waals surface area (Å²) < 4.78 is 10.6. The molecule has 2 aromatic carbocycles. The van der Waals surface area contributed by atoms with Crippen LogP contribution in [-0.2, 0) is 4.79 Å². The molecule has 6 heteroatoms. The van der Waals surface area contributed by atoms with E-state index in [-0.39, 0.29) is 17.0 Å². The van der Waals surface area contributed by atoms with E-state index in [4.69, 9.17) is 9.47 Å². The molecule has 126 valence electrons. The van der Waals surface area contributed by atoms with E-state index in [1.807, 2.05) is 37.3 Å². The summed E-state index contributed by atoms with van der Waals surface area (Å²) >= 11 is 1.55. The average molecular weight is 345 g/mol. The standard InChI is InChI=1S/C18H19NO4S/c1-3-23-14-7-5-13(6-8-14)19-17(21)11-24-18(19)12-4-9-15(20)16(10-12)22-2/h4-10,18,20H,3,11H2,1-2H3. The number of hydrogen-bond donors (Lipinski definition) is 1. The van der Waals surface area contributed by atoms with Crippen LogP contribution in [0.3, 0.4) is 0 Å². The predicted octanol–water partition coefficient (Wildman–Crippen LogP) is 3.58. The molecule has 1 unspecified atom stereocenters. The molecule has 1 aliphatic heterocycles. The van der Waals surface area contributed by atoms with Crippen molar-refractivity contribution in [1.29, 1.82) is 0 Å². The molecule has 5 nitrogen and oxygen atoms in total. The maximum Gasteiger partial charge on any atom is 0.238 e. The molecule has 1 amide bonds. The lowest BCUT2D eigenvalue weighted by molar-refractivity contribution is -0.115. The van der Waals surface area contributed by atoms with Crippen molar-refractivity contribution in [3.63, 3.8) is 0 Å². The van der Waals surface area contributed by atoms with Crippen LogP contribution in [0.25, 0.3) is 0 Å². The SMILES string of the molecule is CCOc1ccc(N2C(=O)CSC2c2ccc(O)c(OC)c2)cc1. The zero-order valence-electron chi connectivity index (χ0n) is 13.6. The van der Waals surface area contributed by atoms with Crippen molar-refractivity contribution in [2.45, 2.75) is 12.3 Å². The number of phenols is 1. The minimum absolute atomic E-state index is 0.0567. The van der Waals surface area contributed by atoms with Gasteiger partial charge in [0.25, 0.3) is 0 Å². The van der Waals surface area contributed by atoms with Gasteiger partial charge in [-0.3, -0.25) is 9.69 Å². The Morgan fingerprint density at radius 2 is 2.00 bits per heavy atom. The van der Waals surface area contributed by atoms with Crippen LogP contribution in [0.4, 0.5) is 5.69 Å². The first-order valence-electron chi connectivity index (χ1n) is 7.67. The van der Waals surface area contributed by atoms with Crippen LogP contribution < -0.4 is 14.4 Å². The van der Waals surface area contributed by atoms with Gasteiger partial charge in [-0.2, -0.15) is 0 Å². The number of carbonyl (C=O) groups excluding carboxylic acids is 1. The summed E-state index contributed by atoms with van der Waals surface area (Å²) in [6.07, 6.45) is 0. The lowest BCUT2D eigenvalue weighted by atomic mass is 10.1. The van der Waals surface area contributed by atoms with Crippen molar-refractivity contribution in [2.24, 2.45) is 0 Å². The molecule has 0 aromatic heterocycles. The number of hydrogen-bond acceptors (Lipinski definition) is 5. The normalized spacial score (nSPS) is 17.2. The Hall–Kier alpha value is -2.34. The van der Waals surface area contributed by atoms with Crippen LogP contribution in [0.1, 0.15) is 17.9 Å². The fourth-order valence-corrected chi connectivity index (χ4v) is 3.83. The number of carbonyl (C=O) groups is 1. The Morgan fingerprint density at radius 3 is 2.67 bits per heavy atom. The third kappa shape index (κ3) is 3.14. The highest BCUT2D eigenvalue weighted by molar-refractivity contribution is 8.00. The van der Waals surface area contributed by atoms with E-state index >= 15 is 0 Å². The fourth-order valence-electron chi connectivity index (χ4n) is 2.67. The Morgan fingerprint density at radius 1 is 1.25 bits per heavy atom. The molecule has 1 aliphatic rings. The van der Waals surface area contributed by atoms with E-state index in [1.165, 1.54) is 7.11 Å².